The molecule has 0 unspecified atom stereocenters. The highest BCUT2D eigenvalue weighted by molar-refractivity contribution is 6.10. The van der Waals surface area contributed by atoms with E-state index in [1.165, 1.54) is 0 Å². The van der Waals surface area contributed by atoms with Crippen molar-refractivity contribution >= 4 is 29.3 Å². The lowest BCUT2D eigenvalue weighted by Crippen LogP contribution is -2.30. The Kier molecular flexibility index (Phi) is 6.65. The monoisotopic (exact) mass is 399 g/mol. The van der Waals surface area contributed by atoms with Crippen LogP contribution in [0.2, 0.25) is 0 Å². The second kappa shape index (κ2) is 9.56. The van der Waals surface area contributed by atoms with Gasteiger partial charge in [-0.05, 0) is 54.5 Å². The molecule has 0 aromatic heterocycles. The summed E-state index contributed by atoms with van der Waals surface area (Å²) in [6, 6.07) is 24.1. The van der Waals surface area contributed by atoms with Crippen molar-refractivity contribution in [2.45, 2.75) is 6.92 Å². The zero-order valence-corrected chi connectivity index (χ0v) is 17.3. The van der Waals surface area contributed by atoms with Gasteiger partial charge in [0.05, 0.1) is 0 Å². The van der Waals surface area contributed by atoms with E-state index in [1.54, 1.807) is 30.3 Å². The first-order chi connectivity index (χ1) is 14.4. The van der Waals surface area contributed by atoms with E-state index in [9.17, 15) is 9.59 Å². The number of rotatable bonds is 6. The topological polar surface area (TPSA) is 61.4 Å². The van der Waals surface area contributed by atoms with E-state index in [0.29, 0.717) is 11.3 Å². The van der Waals surface area contributed by atoms with Gasteiger partial charge in [0.25, 0.3) is 11.8 Å². The zero-order valence-electron chi connectivity index (χ0n) is 17.3. The molecule has 0 radical (unpaired) electrons. The first kappa shape index (κ1) is 20.9. The molecule has 5 nitrogen and oxygen atoms in total. The maximum Gasteiger partial charge on any atom is 0.272 e. The van der Waals surface area contributed by atoms with Gasteiger partial charge in [0.15, 0.2) is 0 Å². The van der Waals surface area contributed by atoms with Crippen LogP contribution < -0.4 is 15.5 Å². The lowest BCUT2D eigenvalue weighted by atomic mass is 10.1. The number of hydrogen-bond acceptors (Lipinski definition) is 3. The number of aryl methyl sites for hydroxylation is 1. The van der Waals surface area contributed by atoms with Gasteiger partial charge < -0.3 is 15.5 Å². The molecule has 0 heterocycles. The van der Waals surface area contributed by atoms with Crippen LogP contribution in [0.3, 0.4) is 0 Å². The molecule has 0 aliphatic heterocycles. The first-order valence-electron chi connectivity index (χ1n) is 9.66. The van der Waals surface area contributed by atoms with E-state index >= 15 is 0 Å². The number of nitrogens with zero attached hydrogens (tertiary/aromatic N) is 1. The Labute approximate surface area is 177 Å². The largest absolute Gasteiger partial charge is 0.378 e. The molecule has 0 atom stereocenters. The summed E-state index contributed by atoms with van der Waals surface area (Å²) in [5.74, 6) is -0.725. The fourth-order valence-corrected chi connectivity index (χ4v) is 2.88. The Morgan fingerprint density at radius 1 is 0.833 bits per heavy atom. The molecule has 3 rings (SSSR count). The molecular formula is C25H25N3O2. The Balaban J connectivity index is 1.90. The summed E-state index contributed by atoms with van der Waals surface area (Å²) in [6.45, 7) is 1.92. The molecule has 3 aromatic rings. The van der Waals surface area contributed by atoms with Crippen LogP contribution >= 0.6 is 0 Å². The lowest BCUT2D eigenvalue weighted by molar-refractivity contribution is -0.113. The van der Waals surface area contributed by atoms with Gasteiger partial charge in [-0.1, -0.05) is 48.5 Å². The molecule has 0 bridgehead atoms. The number of amides is 2. The average Bonchev–Trinajstić information content (AvgIpc) is 2.75. The second-order valence-corrected chi connectivity index (χ2v) is 7.13. The standard InChI is InChI=1S/C25H25N3O2/c1-18-9-7-8-12-22(18)26-25(30)23(27-24(29)20-10-5-4-6-11-20)17-19-13-15-21(16-14-19)28(2)3/h4-17H,1-3H3,(H,26,30)(H,27,29)/b23-17-. The van der Waals surface area contributed by atoms with Crippen LogP contribution in [0, 0.1) is 6.92 Å². The predicted octanol–water partition coefficient (Wildman–Crippen LogP) is 4.47. The molecule has 2 amide bonds. The predicted molar refractivity (Wildman–Crippen MR) is 122 cm³/mol. The summed E-state index contributed by atoms with van der Waals surface area (Å²) in [5, 5.41) is 5.65. The molecule has 0 saturated carbocycles. The molecule has 30 heavy (non-hydrogen) atoms. The summed E-state index contributed by atoms with van der Waals surface area (Å²) < 4.78 is 0. The maximum atomic E-state index is 13.0. The van der Waals surface area contributed by atoms with E-state index in [1.807, 2.05) is 80.5 Å². The van der Waals surface area contributed by atoms with Gasteiger partial charge in [0.1, 0.15) is 5.70 Å². The van der Waals surface area contributed by atoms with Crippen LogP contribution in [-0.4, -0.2) is 25.9 Å². The first-order valence-corrected chi connectivity index (χ1v) is 9.66. The molecule has 0 aliphatic carbocycles. The smallest absolute Gasteiger partial charge is 0.272 e. The number of para-hydroxylation sites is 1. The molecule has 152 valence electrons. The molecule has 5 heteroatoms. The van der Waals surface area contributed by atoms with Crippen LogP contribution in [0.15, 0.2) is 84.6 Å². The average molecular weight is 399 g/mol. The summed E-state index contributed by atoms with van der Waals surface area (Å²) >= 11 is 0. The van der Waals surface area contributed by atoms with Gasteiger partial charge >= 0.3 is 0 Å². The summed E-state index contributed by atoms with van der Waals surface area (Å²) in [5.41, 5.74) is 4.15. The molecule has 3 aromatic carbocycles. The van der Waals surface area contributed by atoms with Gasteiger partial charge in [-0.2, -0.15) is 0 Å². The van der Waals surface area contributed by atoms with Crippen LogP contribution in [-0.2, 0) is 4.79 Å². The molecule has 0 spiro atoms. The Bertz CT molecular complexity index is 1060. The normalized spacial score (nSPS) is 11.0. The summed E-state index contributed by atoms with van der Waals surface area (Å²) in [7, 11) is 3.93. The van der Waals surface area contributed by atoms with Crippen molar-refractivity contribution in [1.82, 2.24) is 5.32 Å². The third kappa shape index (κ3) is 5.35. The minimum atomic E-state index is -0.384. The van der Waals surface area contributed by atoms with Crippen molar-refractivity contribution in [3.05, 3.63) is 101 Å². The van der Waals surface area contributed by atoms with Gasteiger partial charge in [-0.25, -0.2) is 0 Å². The quantitative estimate of drug-likeness (QED) is 0.601. The van der Waals surface area contributed by atoms with Crippen LogP contribution in [0.25, 0.3) is 6.08 Å². The Morgan fingerprint density at radius 2 is 1.47 bits per heavy atom. The highest BCUT2D eigenvalue weighted by Gasteiger charge is 2.15. The van der Waals surface area contributed by atoms with E-state index in [2.05, 4.69) is 10.6 Å². The van der Waals surface area contributed by atoms with Crippen LogP contribution in [0.5, 0.6) is 0 Å². The highest BCUT2D eigenvalue weighted by Crippen LogP contribution is 2.17. The Morgan fingerprint density at radius 3 is 2.10 bits per heavy atom. The molecule has 0 aliphatic rings. The number of nitrogens with one attached hydrogen (secondary N) is 2. The minimum Gasteiger partial charge on any atom is -0.378 e. The van der Waals surface area contributed by atoms with Gasteiger partial charge in [-0.15, -0.1) is 0 Å². The van der Waals surface area contributed by atoms with Crippen molar-refractivity contribution in [3.8, 4) is 0 Å². The number of benzene rings is 3. The van der Waals surface area contributed by atoms with Gasteiger partial charge in [0, 0.05) is 31.0 Å². The SMILES string of the molecule is Cc1ccccc1NC(=O)/C(=C/c1ccc(N(C)C)cc1)NC(=O)c1ccccc1. The number of carbonyl (C=O) groups is 2. The summed E-state index contributed by atoms with van der Waals surface area (Å²) in [4.78, 5) is 27.7. The van der Waals surface area contributed by atoms with Crippen molar-refractivity contribution in [2.24, 2.45) is 0 Å². The van der Waals surface area contributed by atoms with Crippen LogP contribution in [0.1, 0.15) is 21.5 Å². The number of anilines is 2. The van der Waals surface area contributed by atoms with Crippen molar-refractivity contribution < 1.29 is 9.59 Å². The van der Waals surface area contributed by atoms with Gasteiger partial charge in [-0.3, -0.25) is 9.59 Å². The zero-order chi connectivity index (χ0) is 21.5. The second-order valence-electron chi connectivity index (χ2n) is 7.13. The third-order valence-corrected chi connectivity index (χ3v) is 4.64. The third-order valence-electron chi connectivity index (χ3n) is 4.64. The van der Waals surface area contributed by atoms with Crippen molar-refractivity contribution in [3.63, 3.8) is 0 Å². The minimum absolute atomic E-state index is 0.171. The highest BCUT2D eigenvalue weighted by atomic mass is 16.2. The number of carbonyl (C=O) groups excluding carboxylic acids is 2. The van der Waals surface area contributed by atoms with E-state index in [-0.39, 0.29) is 17.5 Å². The Hall–Kier alpha value is -3.86. The fourth-order valence-electron chi connectivity index (χ4n) is 2.88. The van der Waals surface area contributed by atoms with Crippen molar-refractivity contribution in [1.29, 1.82) is 0 Å². The summed E-state index contributed by atoms with van der Waals surface area (Å²) in [6.07, 6.45) is 1.67. The molecular weight excluding hydrogens is 374 g/mol. The lowest BCUT2D eigenvalue weighted by Gasteiger charge is -2.14. The van der Waals surface area contributed by atoms with E-state index in [4.69, 9.17) is 0 Å². The van der Waals surface area contributed by atoms with Crippen molar-refractivity contribution in [2.75, 3.05) is 24.3 Å². The molecule has 0 saturated heterocycles. The van der Waals surface area contributed by atoms with Crippen LogP contribution in [0.4, 0.5) is 11.4 Å². The van der Waals surface area contributed by atoms with E-state index < -0.39 is 0 Å². The molecule has 2 N–H and O–H groups in total. The van der Waals surface area contributed by atoms with E-state index in [0.717, 1.165) is 16.8 Å². The number of hydrogen-bond donors (Lipinski definition) is 2. The fraction of sp³-hybridized carbons (Fsp3) is 0.120. The molecule has 0 fully saturated rings. The maximum absolute atomic E-state index is 13.0. The van der Waals surface area contributed by atoms with Gasteiger partial charge in [0.2, 0.25) is 0 Å².